The fraction of sp³-hybridized carbons (Fsp3) is 0.882. The first-order valence-corrected chi connectivity index (χ1v) is 7.90. The van der Waals surface area contributed by atoms with Crippen LogP contribution in [0, 0.1) is 23.7 Å². The van der Waals surface area contributed by atoms with Gasteiger partial charge in [0.2, 0.25) is 0 Å². The van der Waals surface area contributed by atoms with Gasteiger partial charge in [-0.25, -0.2) is 0 Å². The SMILES string of the molecule is C/C=C/C1CCC(CC2CCC(C)CC2)CC1. The Hall–Kier alpha value is -0.260. The zero-order valence-electron chi connectivity index (χ0n) is 11.8. The van der Waals surface area contributed by atoms with Crippen LogP contribution in [0.5, 0.6) is 0 Å². The van der Waals surface area contributed by atoms with Crippen LogP contribution in [-0.4, -0.2) is 0 Å². The van der Waals surface area contributed by atoms with Gasteiger partial charge in [0, 0.05) is 0 Å². The summed E-state index contributed by atoms with van der Waals surface area (Å²) in [6.45, 7) is 4.59. The van der Waals surface area contributed by atoms with E-state index in [4.69, 9.17) is 0 Å². The van der Waals surface area contributed by atoms with Gasteiger partial charge >= 0.3 is 0 Å². The Bertz CT molecular complexity index is 224. The molecule has 2 saturated carbocycles. The van der Waals surface area contributed by atoms with E-state index in [0.29, 0.717) is 0 Å². The lowest BCUT2D eigenvalue weighted by atomic mass is 9.73. The molecule has 0 aromatic rings. The molecular weight excluding hydrogens is 204 g/mol. The summed E-state index contributed by atoms with van der Waals surface area (Å²) >= 11 is 0. The van der Waals surface area contributed by atoms with Gasteiger partial charge in [0.15, 0.2) is 0 Å². The molecule has 0 aromatic carbocycles. The third-order valence-corrected chi connectivity index (χ3v) is 5.16. The Kier molecular flexibility index (Phi) is 5.13. The van der Waals surface area contributed by atoms with Crippen molar-refractivity contribution in [3.63, 3.8) is 0 Å². The molecule has 0 bridgehead atoms. The van der Waals surface area contributed by atoms with Gasteiger partial charge in [0.1, 0.15) is 0 Å². The molecule has 17 heavy (non-hydrogen) atoms. The van der Waals surface area contributed by atoms with Crippen LogP contribution in [0.4, 0.5) is 0 Å². The number of hydrogen-bond acceptors (Lipinski definition) is 0. The number of hydrogen-bond donors (Lipinski definition) is 0. The van der Waals surface area contributed by atoms with Gasteiger partial charge in [-0.15, -0.1) is 0 Å². The molecule has 2 aliphatic rings. The van der Waals surface area contributed by atoms with Crippen molar-refractivity contribution in [3.8, 4) is 0 Å². The number of rotatable bonds is 3. The monoisotopic (exact) mass is 234 g/mol. The fourth-order valence-electron chi connectivity index (χ4n) is 3.92. The minimum Gasteiger partial charge on any atom is -0.0914 e. The van der Waals surface area contributed by atoms with Crippen molar-refractivity contribution in [1.29, 1.82) is 0 Å². The number of allylic oxidation sites excluding steroid dienone is 2. The summed E-state index contributed by atoms with van der Waals surface area (Å²) in [5.74, 6) is 4.06. The van der Waals surface area contributed by atoms with E-state index in [0.717, 1.165) is 23.7 Å². The molecule has 0 unspecified atom stereocenters. The summed E-state index contributed by atoms with van der Waals surface area (Å²) in [5.41, 5.74) is 0. The molecule has 0 spiro atoms. The summed E-state index contributed by atoms with van der Waals surface area (Å²) in [7, 11) is 0. The van der Waals surface area contributed by atoms with E-state index < -0.39 is 0 Å². The Balaban J connectivity index is 1.67. The molecular formula is C17H30. The first kappa shape index (κ1) is 13.2. The second-order valence-electron chi connectivity index (χ2n) is 6.67. The molecule has 0 radical (unpaired) electrons. The van der Waals surface area contributed by atoms with Crippen LogP contribution in [0.1, 0.15) is 71.6 Å². The molecule has 0 aromatic heterocycles. The van der Waals surface area contributed by atoms with Gasteiger partial charge in [0.05, 0.1) is 0 Å². The van der Waals surface area contributed by atoms with Crippen molar-refractivity contribution in [3.05, 3.63) is 12.2 Å². The van der Waals surface area contributed by atoms with Crippen LogP contribution in [0.25, 0.3) is 0 Å². The highest BCUT2D eigenvalue weighted by molar-refractivity contribution is 4.89. The molecule has 98 valence electrons. The van der Waals surface area contributed by atoms with E-state index in [2.05, 4.69) is 26.0 Å². The van der Waals surface area contributed by atoms with Gasteiger partial charge in [-0.2, -0.15) is 0 Å². The topological polar surface area (TPSA) is 0 Å². The Morgan fingerprint density at radius 3 is 1.88 bits per heavy atom. The van der Waals surface area contributed by atoms with Crippen molar-refractivity contribution in [1.82, 2.24) is 0 Å². The second-order valence-corrected chi connectivity index (χ2v) is 6.67. The average molecular weight is 234 g/mol. The highest BCUT2D eigenvalue weighted by atomic mass is 14.3. The molecule has 2 fully saturated rings. The lowest BCUT2D eigenvalue weighted by molar-refractivity contribution is 0.207. The molecule has 0 atom stereocenters. The molecule has 0 heterocycles. The average Bonchev–Trinajstić information content (AvgIpc) is 2.35. The Morgan fingerprint density at radius 2 is 1.35 bits per heavy atom. The van der Waals surface area contributed by atoms with Crippen molar-refractivity contribution in [2.24, 2.45) is 23.7 Å². The predicted molar refractivity (Wildman–Crippen MR) is 76.0 cm³/mol. The van der Waals surface area contributed by atoms with Crippen molar-refractivity contribution in [2.45, 2.75) is 71.6 Å². The summed E-state index contributed by atoms with van der Waals surface area (Å²) in [5, 5.41) is 0. The van der Waals surface area contributed by atoms with Crippen LogP contribution in [0.2, 0.25) is 0 Å². The summed E-state index contributed by atoms with van der Waals surface area (Å²) in [4.78, 5) is 0. The highest BCUT2D eigenvalue weighted by Crippen LogP contribution is 2.38. The lowest BCUT2D eigenvalue weighted by Gasteiger charge is -2.32. The van der Waals surface area contributed by atoms with E-state index in [-0.39, 0.29) is 0 Å². The van der Waals surface area contributed by atoms with Crippen LogP contribution < -0.4 is 0 Å². The molecule has 2 aliphatic carbocycles. The van der Waals surface area contributed by atoms with Crippen LogP contribution >= 0.6 is 0 Å². The smallest absolute Gasteiger partial charge is 0.0233 e. The summed E-state index contributed by atoms with van der Waals surface area (Å²) < 4.78 is 0. The second kappa shape index (κ2) is 6.61. The van der Waals surface area contributed by atoms with Crippen LogP contribution in [-0.2, 0) is 0 Å². The maximum Gasteiger partial charge on any atom is -0.0233 e. The highest BCUT2D eigenvalue weighted by Gasteiger charge is 2.24. The summed E-state index contributed by atoms with van der Waals surface area (Å²) in [6.07, 6.45) is 18.2. The minimum absolute atomic E-state index is 0.905. The molecule has 0 heteroatoms. The molecule has 0 N–H and O–H groups in total. The van der Waals surface area contributed by atoms with E-state index in [1.165, 1.54) is 51.4 Å². The first-order valence-electron chi connectivity index (χ1n) is 7.90. The maximum atomic E-state index is 2.43. The zero-order valence-corrected chi connectivity index (χ0v) is 11.8. The summed E-state index contributed by atoms with van der Waals surface area (Å²) in [6, 6.07) is 0. The van der Waals surface area contributed by atoms with Crippen LogP contribution in [0.3, 0.4) is 0 Å². The largest absolute Gasteiger partial charge is 0.0914 e. The van der Waals surface area contributed by atoms with Crippen LogP contribution in [0.15, 0.2) is 12.2 Å². The van der Waals surface area contributed by atoms with Gasteiger partial charge in [0.25, 0.3) is 0 Å². The quantitative estimate of drug-likeness (QED) is 0.559. The first-order chi connectivity index (χ1) is 8.28. The standard InChI is InChI=1S/C17H30/c1-3-4-15-9-11-17(12-10-15)13-16-7-5-14(2)6-8-16/h3-4,14-17H,5-13H2,1-2H3/b4-3+. The predicted octanol–water partition coefficient (Wildman–Crippen LogP) is 5.59. The van der Waals surface area contributed by atoms with E-state index in [9.17, 15) is 0 Å². The fourth-order valence-corrected chi connectivity index (χ4v) is 3.92. The van der Waals surface area contributed by atoms with E-state index in [1.54, 1.807) is 6.42 Å². The van der Waals surface area contributed by atoms with Crippen molar-refractivity contribution in [2.75, 3.05) is 0 Å². The normalized spacial score (nSPS) is 39.6. The van der Waals surface area contributed by atoms with Crippen molar-refractivity contribution < 1.29 is 0 Å². The lowest BCUT2D eigenvalue weighted by Crippen LogP contribution is -2.19. The Labute approximate surface area is 108 Å². The maximum absolute atomic E-state index is 2.43. The molecule has 0 saturated heterocycles. The zero-order chi connectivity index (χ0) is 12.1. The Morgan fingerprint density at radius 1 is 0.824 bits per heavy atom. The van der Waals surface area contributed by atoms with Crippen molar-refractivity contribution >= 4 is 0 Å². The van der Waals surface area contributed by atoms with Gasteiger partial charge in [-0.1, -0.05) is 44.8 Å². The molecule has 2 rings (SSSR count). The van der Waals surface area contributed by atoms with E-state index in [1.807, 2.05) is 0 Å². The molecule has 0 aliphatic heterocycles. The molecule has 0 nitrogen and oxygen atoms in total. The molecule has 0 amide bonds. The third-order valence-electron chi connectivity index (χ3n) is 5.16. The third kappa shape index (κ3) is 4.16. The van der Waals surface area contributed by atoms with Gasteiger partial charge in [-0.05, 0) is 62.7 Å². The minimum atomic E-state index is 0.905. The van der Waals surface area contributed by atoms with Gasteiger partial charge in [-0.3, -0.25) is 0 Å². The van der Waals surface area contributed by atoms with E-state index >= 15 is 0 Å². The van der Waals surface area contributed by atoms with Gasteiger partial charge < -0.3 is 0 Å².